The minimum Gasteiger partial charge on any atom is -0.337 e. The predicted octanol–water partition coefficient (Wildman–Crippen LogP) is 0.630. The van der Waals surface area contributed by atoms with Crippen molar-refractivity contribution in [2.75, 3.05) is 26.2 Å². The maximum absolute atomic E-state index is 12.7. The number of hydrogen-bond donors (Lipinski definition) is 1. The summed E-state index contributed by atoms with van der Waals surface area (Å²) < 4.78 is 0. The van der Waals surface area contributed by atoms with Crippen LogP contribution in [0, 0.1) is 11.3 Å². The highest BCUT2D eigenvalue weighted by Crippen LogP contribution is 2.12. The van der Waals surface area contributed by atoms with E-state index in [-0.39, 0.29) is 23.1 Å². The molecule has 0 spiro atoms. The molecule has 2 aromatic rings. The van der Waals surface area contributed by atoms with Crippen molar-refractivity contribution in [1.82, 2.24) is 20.0 Å². The molecule has 1 fully saturated rings. The Bertz CT molecular complexity index is 910. The first-order chi connectivity index (χ1) is 12.6. The molecular formula is C18H17N5O3. The number of hydrogen-bond acceptors (Lipinski definition) is 5. The maximum atomic E-state index is 12.7. The number of benzene rings is 1. The summed E-state index contributed by atoms with van der Waals surface area (Å²) in [5.74, 6) is -0.430. The average molecular weight is 351 g/mol. The van der Waals surface area contributed by atoms with Crippen LogP contribution in [0.2, 0.25) is 0 Å². The fraction of sp³-hybridized carbons (Fsp3) is 0.278. The van der Waals surface area contributed by atoms with Gasteiger partial charge >= 0.3 is 0 Å². The van der Waals surface area contributed by atoms with E-state index >= 15 is 0 Å². The lowest BCUT2D eigenvalue weighted by Crippen LogP contribution is -2.37. The second-order valence-electron chi connectivity index (χ2n) is 5.94. The Morgan fingerprint density at radius 3 is 2.42 bits per heavy atom. The van der Waals surface area contributed by atoms with E-state index in [1.807, 2.05) is 6.07 Å². The summed E-state index contributed by atoms with van der Waals surface area (Å²) in [6.07, 6.45) is 0.638. The van der Waals surface area contributed by atoms with E-state index in [1.54, 1.807) is 34.1 Å². The van der Waals surface area contributed by atoms with Gasteiger partial charge in [0.25, 0.3) is 17.4 Å². The molecule has 1 N–H and O–H groups in total. The molecule has 2 amide bonds. The van der Waals surface area contributed by atoms with Crippen LogP contribution in [0.25, 0.3) is 0 Å². The fourth-order valence-electron chi connectivity index (χ4n) is 2.85. The van der Waals surface area contributed by atoms with Crippen LogP contribution in [0.5, 0.6) is 0 Å². The van der Waals surface area contributed by atoms with Gasteiger partial charge in [-0.3, -0.25) is 14.4 Å². The van der Waals surface area contributed by atoms with Crippen LogP contribution in [0.1, 0.15) is 32.8 Å². The zero-order chi connectivity index (χ0) is 18.5. The van der Waals surface area contributed by atoms with Crippen LogP contribution in [-0.4, -0.2) is 58.0 Å². The molecule has 0 unspecified atom stereocenters. The highest BCUT2D eigenvalue weighted by molar-refractivity contribution is 5.95. The number of rotatable bonds is 2. The number of amides is 2. The third-order valence-electron chi connectivity index (χ3n) is 4.21. The van der Waals surface area contributed by atoms with Crippen molar-refractivity contribution in [2.24, 2.45) is 0 Å². The molecule has 8 nitrogen and oxygen atoms in total. The van der Waals surface area contributed by atoms with Crippen LogP contribution in [0.15, 0.2) is 41.2 Å². The van der Waals surface area contributed by atoms with Crippen molar-refractivity contribution in [3.63, 3.8) is 0 Å². The Labute approximate surface area is 149 Å². The van der Waals surface area contributed by atoms with Crippen LogP contribution in [0.3, 0.4) is 0 Å². The second-order valence-corrected chi connectivity index (χ2v) is 5.94. The normalized spacial score (nSPS) is 14.4. The molecule has 1 aliphatic heterocycles. The number of nitriles is 1. The van der Waals surface area contributed by atoms with Gasteiger partial charge in [-0.15, -0.1) is 0 Å². The highest BCUT2D eigenvalue weighted by Gasteiger charge is 2.24. The van der Waals surface area contributed by atoms with E-state index in [1.165, 1.54) is 12.1 Å². The second kappa shape index (κ2) is 7.61. The van der Waals surface area contributed by atoms with Gasteiger partial charge in [-0.25, -0.2) is 5.10 Å². The van der Waals surface area contributed by atoms with Crippen molar-refractivity contribution in [3.8, 4) is 6.07 Å². The highest BCUT2D eigenvalue weighted by atomic mass is 16.2. The van der Waals surface area contributed by atoms with Crippen LogP contribution in [0.4, 0.5) is 0 Å². The molecule has 0 radical (unpaired) electrons. The molecule has 3 rings (SSSR count). The van der Waals surface area contributed by atoms with Gasteiger partial charge in [-0.2, -0.15) is 10.4 Å². The summed E-state index contributed by atoms with van der Waals surface area (Å²) in [7, 11) is 0. The molecule has 0 bridgehead atoms. The lowest BCUT2D eigenvalue weighted by Gasteiger charge is -2.22. The number of carbonyl (C=O) groups is 2. The van der Waals surface area contributed by atoms with E-state index in [0.717, 1.165) is 0 Å². The molecule has 2 heterocycles. The molecule has 0 saturated carbocycles. The number of nitrogens with one attached hydrogen (secondary N) is 1. The Morgan fingerprint density at radius 2 is 1.77 bits per heavy atom. The third-order valence-corrected chi connectivity index (χ3v) is 4.21. The summed E-state index contributed by atoms with van der Waals surface area (Å²) in [5.41, 5.74) is 0.706. The minimum atomic E-state index is -0.367. The number of aromatic nitrogens is 2. The summed E-state index contributed by atoms with van der Waals surface area (Å²) in [6.45, 7) is 1.80. The fourth-order valence-corrected chi connectivity index (χ4v) is 2.85. The van der Waals surface area contributed by atoms with Gasteiger partial charge in [0.15, 0.2) is 0 Å². The van der Waals surface area contributed by atoms with Gasteiger partial charge in [0.05, 0.1) is 11.6 Å². The van der Waals surface area contributed by atoms with E-state index < -0.39 is 0 Å². The molecule has 8 heteroatoms. The Hall–Kier alpha value is -3.47. The zero-order valence-corrected chi connectivity index (χ0v) is 14.0. The number of H-pyrrole nitrogens is 1. The summed E-state index contributed by atoms with van der Waals surface area (Å²) >= 11 is 0. The summed E-state index contributed by atoms with van der Waals surface area (Å²) in [5, 5.41) is 15.0. The zero-order valence-electron chi connectivity index (χ0n) is 14.0. The number of carbonyl (C=O) groups excluding carboxylic acids is 2. The van der Waals surface area contributed by atoms with Gasteiger partial charge in [0.1, 0.15) is 5.69 Å². The predicted molar refractivity (Wildman–Crippen MR) is 92.4 cm³/mol. The molecule has 1 saturated heterocycles. The van der Waals surface area contributed by atoms with Gasteiger partial charge < -0.3 is 9.80 Å². The van der Waals surface area contributed by atoms with Crippen molar-refractivity contribution in [3.05, 3.63) is 63.6 Å². The van der Waals surface area contributed by atoms with Crippen LogP contribution >= 0.6 is 0 Å². The maximum Gasteiger partial charge on any atom is 0.274 e. The van der Waals surface area contributed by atoms with Crippen molar-refractivity contribution in [1.29, 1.82) is 5.26 Å². The van der Waals surface area contributed by atoms with E-state index in [0.29, 0.717) is 43.7 Å². The molecule has 1 aromatic heterocycles. The summed E-state index contributed by atoms with van der Waals surface area (Å²) in [4.78, 5) is 39.5. The van der Waals surface area contributed by atoms with E-state index in [2.05, 4.69) is 10.2 Å². The third kappa shape index (κ3) is 3.78. The Kier molecular flexibility index (Phi) is 5.08. The monoisotopic (exact) mass is 351 g/mol. The Balaban J connectivity index is 1.68. The lowest BCUT2D eigenvalue weighted by molar-refractivity contribution is 0.0715. The van der Waals surface area contributed by atoms with E-state index in [4.69, 9.17) is 5.26 Å². The molecule has 0 aliphatic carbocycles. The van der Waals surface area contributed by atoms with Crippen LogP contribution in [-0.2, 0) is 0 Å². The topological polar surface area (TPSA) is 110 Å². The van der Waals surface area contributed by atoms with Gasteiger partial charge in [-0.1, -0.05) is 6.07 Å². The Morgan fingerprint density at radius 1 is 1.04 bits per heavy atom. The summed E-state index contributed by atoms with van der Waals surface area (Å²) in [6, 6.07) is 11.3. The standard InChI is InChI=1S/C18H17N5O3/c19-12-13-3-1-4-14(11-13)17(25)22-7-2-8-23(10-9-22)18(26)15-5-6-16(24)21-20-15/h1,3-6,11H,2,7-10H2,(H,21,24). The average Bonchev–Trinajstić information content (AvgIpc) is 2.93. The van der Waals surface area contributed by atoms with Crippen molar-refractivity contribution in [2.45, 2.75) is 6.42 Å². The van der Waals surface area contributed by atoms with E-state index in [9.17, 15) is 14.4 Å². The van der Waals surface area contributed by atoms with Gasteiger partial charge in [0, 0.05) is 37.8 Å². The first-order valence-electron chi connectivity index (χ1n) is 8.23. The molecule has 0 atom stereocenters. The van der Waals surface area contributed by atoms with Gasteiger partial charge in [-0.05, 0) is 30.7 Å². The van der Waals surface area contributed by atoms with Crippen molar-refractivity contribution >= 4 is 11.8 Å². The largest absolute Gasteiger partial charge is 0.337 e. The number of aromatic amines is 1. The molecule has 26 heavy (non-hydrogen) atoms. The molecule has 1 aromatic carbocycles. The van der Waals surface area contributed by atoms with Gasteiger partial charge in [0.2, 0.25) is 0 Å². The first kappa shape index (κ1) is 17.4. The smallest absolute Gasteiger partial charge is 0.274 e. The molecule has 1 aliphatic rings. The SMILES string of the molecule is N#Cc1cccc(C(=O)N2CCCN(C(=O)c3ccc(=O)[nH]n3)CC2)c1. The minimum absolute atomic E-state index is 0.154. The molecular weight excluding hydrogens is 334 g/mol. The first-order valence-corrected chi connectivity index (χ1v) is 8.23. The quantitative estimate of drug-likeness (QED) is 0.853. The lowest BCUT2D eigenvalue weighted by atomic mass is 10.1. The molecule has 132 valence electrons. The van der Waals surface area contributed by atoms with Crippen LogP contribution < -0.4 is 5.56 Å². The van der Waals surface area contributed by atoms with Crippen molar-refractivity contribution < 1.29 is 9.59 Å². The number of nitrogens with zero attached hydrogens (tertiary/aromatic N) is 4.